The second kappa shape index (κ2) is 6.90. The second-order valence-corrected chi connectivity index (χ2v) is 5.62. The van der Waals surface area contributed by atoms with Crippen LogP contribution in [0.25, 0.3) is 0 Å². The zero-order valence-corrected chi connectivity index (χ0v) is 12.4. The maximum absolute atomic E-state index is 5.72. The van der Waals surface area contributed by atoms with Crippen LogP contribution in [0.3, 0.4) is 0 Å². The predicted octanol–water partition coefficient (Wildman–Crippen LogP) is 2.51. The molecule has 0 atom stereocenters. The quantitative estimate of drug-likeness (QED) is 0.759. The highest BCUT2D eigenvalue weighted by Crippen LogP contribution is 2.09. The van der Waals surface area contributed by atoms with Gasteiger partial charge in [0, 0.05) is 17.8 Å². The zero-order valence-electron chi connectivity index (χ0n) is 12.4. The number of aromatic nitrogens is 2. The van der Waals surface area contributed by atoms with Gasteiger partial charge in [-0.25, -0.2) is 0 Å². The van der Waals surface area contributed by atoms with Gasteiger partial charge < -0.3 is 10.1 Å². The summed E-state index contributed by atoms with van der Waals surface area (Å²) >= 11 is 0. The molecule has 104 valence electrons. The Labute approximate surface area is 111 Å². The minimum absolute atomic E-state index is 0.0768. The first kappa shape index (κ1) is 15.2. The van der Waals surface area contributed by atoms with Crippen LogP contribution in [0.15, 0.2) is 6.20 Å². The summed E-state index contributed by atoms with van der Waals surface area (Å²) in [6.45, 7) is 14.0. The van der Waals surface area contributed by atoms with Gasteiger partial charge in [0.25, 0.3) is 0 Å². The van der Waals surface area contributed by atoms with Crippen LogP contribution in [-0.4, -0.2) is 28.5 Å². The first-order chi connectivity index (χ1) is 8.44. The van der Waals surface area contributed by atoms with Crippen LogP contribution in [0, 0.1) is 6.92 Å². The third-order valence-corrected chi connectivity index (χ3v) is 2.79. The number of rotatable bonds is 7. The van der Waals surface area contributed by atoms with E-state index in [1.807, 2.05) is 10.9 Å². The van der Waals surface area contributed by atoms with Gasteiger partial charge in [0.1, 0.15) is 0 Å². The first-order valence-electron chi connectivity index (χ1n) is 6.80. The van der Waals surface area contributed by atoms with E-state index in [9.17, 15) is 0 Å². The molecule has 18 heavy (non-hydrogen) atoms. The molecule has 0 aliphatic rings. The van der Waals surface area contributed by atoms with Crippen LogP contribution in [0.4, 0.5) is 0 Å². The molecule has 0 fully saturated rings. The van der Waals surface area contributed by atoms with Crippen LogP contribution in [0.1, 0.15) is 45.4 Å². The van der Waals surface area contributed by atoms with Crippen LogP contribution >= 0.6 is 0 Å². The first-order valence-corrected chi connectivity index (χ1v) is 6.80. The monoisotopic (exact) mass is 253 g/mol. The SMILES string of the molecule is CCCNCc1cnn(CCOC(C)(C)C)c1C. The molecular weight excluding hydrogens is 226 g/mol. The van der Waals surface area contributed by atoms with Gasteiger partial charge >= 0.3 is 0 Å². The van der Waals surface area contributed by atoms with Crippen molar-refractivity contribution < 1.29 is 4.74 Å². The number of nitrogens with one attached hydrogen (secondary N) is 1. The fourth-order valence-corrected chi connectivity index (χ4v) is 1.72. The number of hydrogen-bond acceptors (Lipinski definition) is 3. The molecule has 0 aromatic carbocycles. The summed E-state index contributed by atoms with van der Waals surface area (Å²) in [5, 5.41) is 7.81. The van der Waals surface area contributed by atoms with E-state index in [2.05, 4.69) is 45.0 Å². The van der Waals surface area contributed by atoms with E-state index in [0.29, 0.717) is 6.61 Å². The highest BCUT2D eigenvalue weighted by Gasteiger charge is 2.11. The molecule has 1 aromatic heterocycles. The maximum atomic E-state index is 5.72. The minimum atomic E-state index is -0.0768. The standard InChI is InChI=1S/C14H27N3O/c1-6-7-15-10-13-11-16-17(12(13)2)8-9-18-14(3,4)5/h11,15H,6-10H2,1-5H3. The number of ether oxygens (including phenoxy) is 1. The summed E-state index contributed by atoms with van der Waals surface area (Å²) in [4.78, 5) is 0. The smallest absolute Gasteiger partial charge is 0.0669 e. The van der Waals surface area contributed by atoms with E-state index < -0.39 is 0 Å². The van der Waals surface area contributed by atoms with Crippen molar-refractivity contribution in [3.05, 3.63) is 17.5 Å². The Bertz CT molecular complexity index is 352. The van der Waals surface area contributed by atoms with E-state index in [1.165, 1.54) is 11.3 Å². The highest BCUT2D eigenvalue weighted by atomic mass is 16.5. The molecule has 1 N–H and O–H groups in total. The Morgan fingerprint density at radius 3 is 2.72 bits per heavy atom. The number of nitrogens with zero attached hydrogens (tertiary/aromatic N) is 2. The average molecular weight is 253 g/mol. The minimum Gasteiger partial charge on any atom is -0.374 e. The zero-order chi connectivity index (χ0) is 13.6. The molecule has 1 heterocycles. The van der Waals surface area contributed by atoms with E-state index in [-0.39, 0.29) is 5.60 Å². The van der Waals surface area contributed by atoms with E-state index in [4.69, 9.17) is 4.74 Å². The Kier molecular flexibility index (Phi) is 5.82. The molecule has 0 amide bonds. The molecule has 0 saturated heterocycles. The summed E-state index contributed by atoms with van der Waals surface area (Å²) < 4.78 is 7.74. The molecule has 0 bridgehead atoms. The molecular formula is C14H27N3O. The van der Waals surface area contributed by atoms with E-state index in [0.717, 1.165) is 26.1 Å². The molecule has 0 aliphatic carbocycles. The van der Waals surface area contributed by atoms with Crippen molar-refractivity contribution in [2.75, 3.05) is 13.2 Å². The van der Waals surface area contributed by atoms with Gasteiger partial charge in [0.15, 0.2) is 0 Å². The van der Waals surface area contributed by atoms with Crippen molar-refractivity contribution in [3.8, 4) is 0 Å². The third-order valence-electron chi connectivity index (χ3n) is 2.79. The lowest BCUT2D eigenvalue weighted by Gasteiger charge is -2.19. The average Bonchev–Trinajstić information content (AvgIpc) is 2.60. The fraction of sp³-hybridized carbons (Fsp3) is 0.786. The fourth-order valence-electron chi connectivity index (χ4n) is 1.72. The van der Waals surface area contributed by atoms with Crippen LogP contribution in [-0.2, 0) is 17.8 Å². The molecule has 0 radical (unpaired) electrons. The van der Waals surface area contributed by atoms with Crippen LogP contribution in [0.5, 0.6) is 0 Å². The molecule has 0 unspecified atom stereocenters. The number of hydrogen-bond donors (Lipinski definition) is 1. The molecule has 0 spiro atoms. The molecule has 1 rings (SSSR count). The lowest BCUT2D eigenvalue weighted by molar-refractivity contribution is -0.00809. The van der Waals surface area contributed by atoms with Gasteiger partial charge in [0.2, 0.25) is 0 Å². The summed E-state index contributed by atoms with van der Waals surface area (Å²) in [5.41, 5.74) is 2.43. The Hall–Kier alpha value is -0.870. The predicted molar refractivity (Wildman–Crippen MR) is 74.7 cm³/mol. The normalized spacial score (nSPS) is 12.1. The van der Waals surface area contributed by atoms with Crippen molar-refractivity contribution in [3.63, 3.8) is 0 Å². The van der Waals surface area contributed by atoms with Gasteiger partial charge in [0.05, 0.1) is 24.9 Å². The van der Waals surface area contributed by atoms with Crippen molar-refractivity contribution in [1.82, 2.24) is 15.1 Å². The van der Waals surface area contributed by atoms with Crippen molar-refractivity contribution in [1.29, 1.82) is 0 Å². The molecule has 0 saturated carbocycles. The van der Waals surface area contributed by atoms with Gasteiger partial charge in [-0.15, -0.1) is 0 Å². The van der Waals surface area contributed by atoms with Crippen LogP contribution < -0.4 is 5.32 Å². The topological polar surface area (TPSA) is 39.1 Å². The molecule has 4 heteroatoms. The van der Waals surface area contributed by atoms with Crippen LogP contribution in [0.2, 0.25) is 0 Å². The van der Waals surface area contributed by atoms with Gasteiger partial charge in [-0.2, -0.15) is 5.10 Å². The molecule has 4 nitrogen and oxygen atoms in total. The van der Waals surface area contributed by atoms with Gasteiger partial charge in [-0.3, -0.25) is 4.68 Å². The summed E-state index contributed by atoms with van der Waals surface area (Å²) in [6, 6.07) is 0. The van der Waals surface area contributed by atoms with Crippen molar-refractivity contribution in [2.24, 2.45) is 0 Å². The second-order valence-electron chi connectivity index (χ2n) is 5.62. The van der Waals surface area contributed by atoms with Crippen molar-refractivity contribution >= 4 is 0 Å². The lowest BCUT2D eigenvalue weighted by atomic mass is 10.2. The van der Waals surface area contributed by atoms with E-state index in [1.54, 1.807) is 0 Å². The van der Waals surface area contributed by atoms with Gasteiger partial charge in [-0.1, -0.05) is 6.92 Å². The lowest BCUT2D eigenvalue weighted by Crippen LogP contribution is -2.22. The molecule has 1 aromatic rings. The summed E-state index contributed by atoms with van der Waals surface area (Å²) in [6.07, 6.45) is 3.11. The third kappa shape index (κ3) is 5.19. The maximum Gasteiger partial charge on any atom is 0.0669 e. The van der Waals surface area contributed by atoms with Gasteiger partial charge in [-0.05, 0) is 40.7 Å². The highest BCUT2D eigenvalue weighted by molar-refractivity contribution is 5.15. The Morgan fingerprint density at radius 2 is 2.11 bits per heavy atom. The summed E-state index contributed by atoms with van der Waals surface area (Å²) in [5.74, 6) is 0. The largest absolute Gasteiger partial charge is 0.374 e. The Balaban J connectivity index is 2.43. The molecule has 0 aliphatic heterocycles. The summed E-state index contributed by atoms with van der Waals surface area (Å²) in [7, 11) is 0. The van der Waals surface area contributed by atoms with Crippen molar-refractivity contribution in [2.45, 2.75) is 59.7 Å². The Morgan fingerprint density at radius 1 is 1.39 bits per heavy atom. The van der Waals surface area contributed by atoms with E-state index >= 15 is 0 Å².